The number of hydrazine groups is 1. The van der Waals surface area contributed by atoms with Crippen LogP contribution in [0.15, 0.2) is 18.2 Å². The second-order valence-corrected chi connectivity index (χ2v) is 6.35. The SMILES string of the molecule is CC(C)(C(Cc1cc(Cl)ccc1F)NN)N1CCOCC1. The molecule has 0 bridgehead atoms. The Morgan fingerprint density at radius 2 is 2.10 bits per heavy atom. The maximum absolute atomic E-state index is 13.9. The van der Waals surface area contributed by atoms with Crippen LogP contribution in [0.4, 0.5) is 4.39 Å². The molecule has 0 spiro atoms. The molecule has 6 heteroatoms. The molecule has 1 atom stereocenters. The molecule has 0 radical (unpaired) electrons. The van der Waals surface area contributed by atoms with Gasteiger partial charge in [0.1, 0.15) is 5.82 Å². The lowest BCUT2D eigenvalue weighted by molar-refractivity contribution is -0.0233. The van der Waals surface area contributed by atoms with Crippen LogP contribution in [-0.4, -0.2) is 42.8 Å². The first-order valence-corrected chi connectivity index (χ1v) is 7.56. The molecule has 1 aromatic carbocycles. The third kappa shape index (κ3) is 3.93. The third-order valence-electron chi connectivity index (χ3n) is 4.31. The quantitative estimate of drug-likeness (QED) is 0.644. The van der Waals surface area contributed by atoms with Gasteiger partial charge < -0.3 is 4.74 Å². The Bertz CT molecular complexity index is 478. The summed E-state index contributed by atoms with van der Waals surface area (Å²) in [7, 11) is 0. The summed E-state index contributed by atoms with van der Waals surface area (Å²) in [6.07, 6.45) is 0.479. The van der Waals surface area contributed by atoms with Gasteiger partial charge in [0.25, 0.3) is 0 Å². The van der Waals surface area contributed by atoms with E-state index < -0.39 is 0 Å². The zero-order valence-electron chi connectivity index (χ0n) is 12.5. The minimum absolute atomic E-state index is 0.0939. The molecule has 0 aromatic heterocycles. The fraction of sp³-hybridized carbons (Fsp3) is 0.600. The van der Waals surface area contributed by atoms with E-state index in [9.17, 15) is 4.39 Å². The highest BCUT2D eigenvalue weighted by molar-refractivity contribution is 6.30. The molecule has 1 aromatic rings. The van der Waals surface area contributed by atoms with Crippen molar-refractivity contribution in [3.05, 3.63) is 34.6 Å². The molecule has 0 amide bonds. The summed E-state index contributed by atoms with van der Waals surface area (Å²) in [6, 6.07) is 4.52. The van der Waals surface area contributed by atoms with Crippen molar-refractivity contribution < 1.29 is 9.13 Å². The van der Waals surface area contributed by atoms with Gasteiger partial charge in [-0.25, -0.2) is 4.39 Å². The van der Waals surface area contributed by atoms with E-state index >= 15 is 0 Å². The number of benzene rings is 1. The highest BCUT2D eigenvalue weighted by Gasteiger charge is 2.36. The molecule has 0 aliphatic carbocycles. The number of hydrogen-bond acceptors (Lipinski definition) is 4. The van der Waals surface area contributed by atoms with Gasteiger partial charge in [-0.2, -0.15) is 0 Å². The number of morpholine rings is 1. The van der Waals surface area contributed by atoms with Crippen molar-refractivity contribution in [1.82, 2.24) is 10.3 Å². The lowest BCUT2D eigenvalue weighted by Crippen LogP contribution is -2.62. The number of rotatable bonds is 5. The van der Waals surface area contributed by atoms with Crippen molar-refractivity contribution in [3.8, 4) is 0 Å². The molecule has 4 nitrogen and oxygen atoms in total. The molecular weight excluding hydrogens is 293 g/mol. The Morgan fingerprint density at radius 3 is 2.71 bits per heavy atom. The molecule has 1 aliphatic rings. The van der Waals surface area contributed by atoms with E-state index in [0.717, 1.165) is 13.1 Å². The van der Waals surface area contributed by atoms with E-state index in [2.05, 4.69) is 24.2 Å². The van der Waals surface area contributed by atoms with Gasteiger partial charge in [0.05, 0.1) is 13.2 Å². The van der Waals surface area contributed by atoms with Crippen LogP contribution >= 0.6 is 11.6 Å². The number of nitrogens with one attached hydrogen (secondary N) is 1. The summed E-state index contributed by atoms with van der Waals surface area (Å²) in [6.45, 7) is 7.36. The van der Waals surface area contributed by atoms with Gasteiger partial charge in [0, 0.05) is 29.7 Å². The second kappa shape index (κ2) is 7.03. The fourth-order valence-electron chi connectivity index (χ4n) is 2.79. The van der Waals surface area contributed by atoms with E-state index in [4.69, 9.17) is 22.2 Å². The number of nitrogens with zero attached hydrogens (tertiary/aromatic N) is 1. The summed E-state index contributed by atoms with van der Waals surface area (Å²) in [5.41, 5.74) is 3.20. The van der Waals surface area contributed by atoms with Crippen molar-refractivity contribution in [1.29, 1.82) is 0 Å². The number of hydrogen-bond donors (Lipinski definition) is 2. The van der Waals surface area contributed by atoms with Crippen LogP contribution in [0.5, 0.6) is 0 Å². The standard InChI is InChI=1S/C15H23ClFN3O/c1-15(2,20-5-7-21-8-6-20)14(19-18)10-11-9-12(16)3-4-13(11)17/h3-4,9,14,19H,5-8,10,18H2,1-2H3. The number of nitrogens with two attached hydrogens (primary N) is 1. The topological polar surface area (TPSA) is 50.5 Å². The number of halogens is 2. The van der Waals surface area contributed by atoms with Crippen LogP contribution in [0.2, 0.25) is 5.02 Å². The number of ether oxygens (including phenoxy) is 1. The molecule has 1 aliphatic heterocycles. The van der Waals surface area contributed by atoms with Crippen molar-refractivity contribution in [2.75, 3.05) is 26.3 Å². The fourth-order valence-corrected chi connectivity index (χ4v) is 2.99. The zero-order chi connectivity index (χ0) is 15.5. The maximum Gasteiger partial charge on any atom is 0.126 e. The van der Waals surface area contributed by atoms with E-state index in [1.165, 1.54) is 6.07 Å². The molecule has 1 unspecified atom stereocenters. The minimum Gasteiger partial charge on any atom is -0.379 e. The average molecular weight is 316 g/mol. The van der Waals surface area contributed by atoms with Crippen molar-refractivity contribution in [2.45, 2.75) is 31.8 Å². The molecule has 118 valence electrons. The first-order valence-electron chi connectivity index (χ1n) is 7.18. The highest BCUT2D eigenvalue weighted by atomic mass is 35.5. The molecule has 1 heterocycles. The van der Waals surface area contributed by atoms with Crippen LogP contribution in [-0.2, 0) is 11.2 Å². The summed E-state index contributed by atoms with van der Waals surface area (Å²) >= 11 is 5.96. The Kier molecular flexibility index (Phi) is 5.57. The van der Waals surface area contributed by atoms with Gasteiger partial charge in [-0.3, -0.25) is 16.2 Å². The molecule has 3 N–H and O–H groups in total. The summed E-state index contributed by atoms with van der Waals surface area (Å²) in [5, 5.41) is 0.534. The largest absolute Gasteiger partial charge is 0.379 e. The molecule has 0 saturated carbocycles. The van der Waals surface area contributed by atoms with Crippen molar-refractivity contribution in [2.24, 2.45) is 5.84 Å². The van der Waals surface area contributed by atoms with E-state index in [-0.39, 0.29) is 17.4 Å². The predicted molar refractivity (Wildman–Crippen MR) is 82.7 cm³/mol. The van der Waals surface area contributed by atoms with Crippen molar-refractivity contribution in [3.63, 3.8) is 0 Å². The van der Waals surface area contributed by atoms with E-state index in [0.29, 0.717) is 30.2 Å². The monoisotopic (exact) mass is 315 g/mol. The average Bonchev–Trinajstić information content (AvgIpc) is 2.48. The Morgan fingerprint density at radius 1 is 1.43 bits per heavy atom. The van der Waals surface area contributed by atoms with Crippen LogP contribution < -0.4 is 11.3 Å². The van der Waals surface area contributed by atoms with Crippen LogP contribution in [0.3, 0.4) is 0 Å². The Hall–Kier alpha value is -0.720. The molecule has 1 fully saturated rings. The Balaban J connectivity index is 2.16. The highest BCUT2D eigenvalue weighted by Crippen LogP contribution is 2.25. The van der Waals surface area contributed by atoms with Crippen LogP contribution in [0, 0.1) is 5.82 Å². The summed E-state index contributed by atoms with van der Waals surface area (Å²) in [4.78, 5) is 2.32. The van der Waals surface area contributed by atoms with Crippen LogP contribution in [0.1, 0.15) is 19.4 Å². The first kappa shape index (κ1) is 16.6. The minimum atomic E-state index is -0.252. The van der Waals surface area contributed by atoms with Gasteiger partial charge in [0.15, 0.2) is 0 Å². The zero-order valence-corrected chi connectivity index (χ0v) is 13.3. The second-order valence-electron chi connectivity index (χ2n) is 5.91. The van der Waals surface area contributed by atoms with E-state index in [1.54, 1.807) is 12.1 Å². The van der Waals surface area contributed by atoms with E-state index in [1.807, 2.05) is 0 Å². The summed E-state index contributed by atoms with van der Waals surface area (Å²) < 4.78 is 19.3. The van der Waals surface area contributed by atoms with Gasteiger partial charge in [-0.05, 0) is 44.0 Å². The molecule has 1 saturated heterocycles. The first-order chi connectivity index (χ1) is 9.95. The van der Waals surface area contributed by atoms with Crippen molar-refractivity contribution >= 4 is 11.6 Å². The Labute approximate surface area is 130 Å². The summed E-state index contributed by atoms with van der Waals surface area (Å²) in [5.74, 6) is 5.49. The van der Waals surface area contributed by atoms with Crippen LogP contribution in [0.25, 0.3) is 0 Å². The van der Waals surface area contributed by atoms with Gasteiger partial charge >= 0.3 is 0 Å². The lowest BCUT2D eigenvalue weighted by atomic mass is 9.87. The smallest absolute Gasteiger partial charge is 0.126 e. The normalized spacial score (nSPS) is 18.7. The van der Waals surface area contributed by atoms with Gasteiger partial charge in [-0.15, -0.1) is 0 Å². The predicted octanol–water partition coefficient (Wildman–Crippen LogP) is 1.96. The van der Waals surface area contributed by atoms with Gasteiger partial charge in [0.2, 0.25) is 0 Å². The molecular formula is C15H23ClFN3O. The molecule has 2 rings (SSSR count). The maximum atomic E-state index is 13.9. The molecule has 21 heavy (non-hydrogen) atoms. The van der Waals surface area contributed by atoms with Gasteiger partial charge in [-0.1, -0.05) is 11.6 Å². The third-order valence-corrected chi connectivity index (χ3v) is 4.55. The lowest BCUT2D eigenvalue weighted by Gasteiger charge is -2.45.